The molecule has 0 aliphatic carbocycles. The van der Waals surface area contributed by atoms with Gasteiger partial charge in [0.2, 0.25) is 0 Å². The lowest BCUT2D eigenvalue weighted by Gasteiger charge is -2.30. The summed E-state index contributed by atoms with van der Waals surface area (Å²) in [5.41, 5.74) is 1.26. The molecule has 1 aliphatic heterocycles. The van der Waals surface area contributed by atoms with Gasteiger partial charge in [0, 0.05) is 18.0 Å². The first-order valence-electron chi connectivity index (χ1n) is 6.92. The summed E-state index contributed by atoms with van der Waals surface area (Å²) in [5.74, 6) is -1.24. The van der Waals surface area contributed by atoms with Crippen LogP contribution in [0.25, 0.3) is 0 Å². The van der Waals surface area contributed by atoms with Crippen molar-refractivity contribution in [1.29, 1.82) is 0 Å². The van der Waals surface area contributed by atoms with Gasteiger partial charge >= 0.3 is 12.0 Å². The van der Waals surface area contributed by atoms with Crippen LogP contribution < -0.4 is 5.32 Å². The highest BCUT2D eigenvalue weighted by atomic mass is 32.1. The van der Waals surface area contributed by atoms with E-state index >= 15 is 0 Å². The molecule has 1 atom stereocenters. The van der Waals surface area contributed by atoms with Crippen molar-refractivity contribution >= 4 is 23.3 Å². The maximum Gasteiger partial charge on any atom is 0.317 e. The molecule has 2 rings (SSSR count). The van der Waals surface area contributed by atoms with Crippen LogP contribution in [0.1, 0.15) is 30.2 Å². The van der Waals surface area contributed by atoms with E-state index < -0.39 is 11.9 Å². The molecule has 1 fully saturated rings. The Balaban J connectivity index is 1.87. The van der Waals surface area contributed by atoms with Crippen LogP contribution in [0.15, 0.2) is 11.4 Å². The number of likely N-dealkylation sites (tertiary alicyclic amines) is 1. The zero-order valence-corrected chi connectivity index (χ0v) is 12.4. The second-order valence-corrected chi connectivity index (χ2v) is 6.01. The number of urea groups is 1. The van der Waals surface area contributed by atoms with Crippen molar-refractivity contribution in [3.05, 3.63) is 21.9 Å². The quantitative estimate of drug-likeness (QED) is 0.896. The summed E-state index contributed by atoms with van der Waals surface area (Å²) < 4.78 is 0. The fourth-order valence-corrected chi connectivity index (χ4v) is 3.38. The molecule has 20 heavy (non-hydrogen) atoms. The maximum absolute atomic E-state index is 12.1. The minimum atomic E-state index is -0.811. The van der Waals surface area contributed by atoms with Crippen molar-refractivity contribution in [2.75, 3.05) is 13.1 Å². The van der Waals surface area contributed by atoms with Crippen molar-refractivity contribution in [3.8, 4) is 0 Å². The highest BCUT2D eigenvalue weighted by Gasteiger charge is 2.27. The van der Waals surface area contributed by atoms with Gasteiger partial charge < -0.3 is 15.3 Å². The SMILES string of the molecule is CCc1ccsc1CNC(=O)N1CCC[C@@H](C(=O)O)C1. The predicted molar refractivity (Wildman–Crippen MR) is 77.9 cm³/mol. The molecule has 110 valence electrons. The van der Waals surface area contributed by atoms with E-state index in [9.17, 15) is 9.59 Å². The number of rotatable bonds is 4. The summed E-state index contributed by atoms with van der Waals surface area (Å²) in [6.45, 7) is 3.57. The first-order valence-corrected chi connectivity index (χ1v) is 7.80. The maximum atomic E-state index is 12.1. The summed E-state index contributed by atoms with van der Waals surface area (Å²) in [6.07, 6.45) is 2.37. The van der Waals surface area contributed by atoms with Gasteiger partial charge in [0.05, 0.1) is 12.5 Å². The van der Waals surface area contributed by atoms with E-state index in [4.69, 9.17) is 5.11 Å². The van der Waals surface area contributed by atoms with Gasteiger partial charge in [0.25, 0.3) is 0 Å². The minimum Gasteiger partial charge on any atom is -0.481 e. The van der Waals surface area contributed by atoms with Crippen LogP contribution in [0.4, 0.5) is 4.79 Å². The highest BCUT2D eigenvalue weighted by molar-refractivity contribution is 7.10. The molecule has 0 spiro atoms. The summed E-state index contributed by atoms with van der Waals surface area (Å²) in [4.78, 5) is 25.9. The van der Waals surface area contributed by atoms with Gasteiger partial charge in [-0.15, -0.1) is 11.3 Å². The number of carboxylic acids is 1. The number of carboxylic acid groups (broad SMARTS) is 1. The molecule has 0 saturated carbocycles. The smallest absolute Gasteiger partial charge is 0.317 e. The van der Waals surface area contributed by atoms with Gasteiger partial charge in [-0.1, -0.05) is 6.92 Å². The topological polar surface area (TPSA) is 69.6 Å². The Morgan fingerprint density at radius 3 is 3.05 bits per heavy atom. The summed E-state index contributed by atoms with van der Waals surface area (Å²) >= 11 is 1.64. The van der Waals surface area contributed by atoms with E-state index in [2.05, 4.69) is 18.3 Å². The normalized spacial score (nSPS) is 18.9. The monoisotopic (exact) mass is 296 g/mol. The zero-order valence-electron chi connectivity index (χ0n) is 11.6. The largest absolute Gasteiger partial charge is 0.481 e. The second-order valence-electron chi connectivity index (χ2n) is 5.00. The Bertz CT molecular complexity index is 487. The van der Waals surface area contributed by atoms with Gasteiger partial charge in [-0.2, -0.15) is 0 Å². The Kier molecular flexibility index (Phi) is 5.00. The number of carbonyl (C=O) groups excluding carboxylic acids is 1. The first-order chi connectivity index (χ1) is 9.61. The van der Waals surface area contributed by atoms with Crippen LogP contribution in [-0.4, -0.2) is 35.1 Å². The molecular formula is C14H20N2O3S. The van der Waals surface area contributed by atoms with Crippen molar-refractivity contribution in [2.24, 2.45) is 5.92 Å². The molecule has 1 aromatic rings. The Labute approximate surface area is 122 Å². The molecule has 2 heterocycles. The van der Waals surface area contributed by atoms with E-state index in [1.165, 1.54) is 10.4 Å². The molecule has 2 amide bonds. The zero-order chi connectivity index (χ0) is 14.5. The van der Waals surface area contributed by atoms with E-state index in [0.717, 1.165) is 12.8 Å². The average molecular weight is 296 g/mol. The molecule has 0 unspecified atom stereocenters. The molecule has 1 aromatic heterocycles. The predicted octanol–water partition coefficient (Wildman–Crippen LogP) is 2.32. The molecular weight excluding hydrogens is 276 g/mol. The average Bonchev–Trinajstić information content (AvgIpc) is 2.92. The first kappa shape index (κ1) is 14.8. The number of thiophene rings is 1. The number of nitrogens with zero attached hydrogens (tertiary/aromatic N) is 1. The highest BCUT2D eigenvalue weighted by Crippen LogP contribution is 2.19. The van der Waals surface area contributed by atoms with Crippen molar-refractivity contribution in [1.82, 2.24) is 10.2 Å². The van der Waals surface area contributed by atoms with Crippen LogP contribution >= 0.6 is 11.3 Å². The lowest BCUT2D eigenvalue weighted by molar-refractivity contribution is -0.143. The number of aryl methyl sites for hydroxylation is 1. The standard InChI is InChI=1S/C14H20N2O3S/c1-2-10-5-7-20-12(10)8-15-14(19)16-6-3-4-11(9-16)13(17)18/h5,7,11H,2-4,6,8-9H2,1H3,(H,15,19)(H,17,18)/t11-/m1/s1. The van der Waals surface area contributed by atoms with Crippen LogP contribution in [0.2, 0.25) is 0 Å². The number of amides is 2. The lowest BCUT2D eigenvalue weighted by atomic mass is 9.99. The fraction of sp³-hybridized carbons (Fsp3) is 0.571. The Morgan fingerprint density at radius 1 is 1.55 bits per heavy atom. The van der Waals surface area contributed by atoms with Gasteiger partial charge in [-0.25, -0.2) is 4.79 Å². The molecule has 2 N–H and O–H groups in total. The number of carbonyl (C=O) groups is 2. The molecule has 0 bridgehead atoms. The number of piperidine rings is 1. The van der Waals surface area contributed by atoms with E-state index in [1.54, 1.807) is 16.2 Å². The van der Waals surface area contributed by atoms with Gasteiger partial charge in [-0.3, -0.25) is 4.79 Å². The van der Waals surface area contributed by atoms with Crippen molar-refractivity contribution < 1.29 is 14.7 Å². The number of aliphatic carboxylic acids is 1. The van der Waals surface area contributed by atoms with Crippen LogP contribution in [-0.2, 0) is 17.8 Å². The second kappa shape index (κ2) is 6.74. The van der Waals surface area contributed by atoms with E-state index in [0.29, 0.717) is 26.1 Å². The van der Waals surface area contributed by atoms with Gasteiger partial charge in [0.1, 0.15) is 0 Å². The molecule has 1 aliphatic rings. The van der Waals surface area contributed by atoms with Crippen molar-refractivity contribution in [3.63, 3.8) is 0 Å². The van der Waals surface area contributed by atoms with Crippen LogP contribution in [0, 0.1) is 5.92 Å². The van der Waals surface area contributed by atoms with Crippen LogP contribution in [0.5, 0.6) is 0 Å². The van der Waals surface area contributed by atoms with E-state index in [1.807, 2.05) is 5.38 Å². The summed E-state index contributed by atoms with van der Waals surface area (Å²) in [7, 11) is 0. The Morgan fingerprint density at radius 2 is 2.35 bits per heavy atom. The van der Waals surface area contributed by atoms with Gasteiger partial charge in [0.15, 0.2) is 0 Å². The third kappa shape index (κ3) is 3.50. The minimum absolute atomic E-state index is 0.161. The van der Waals surface area contributed by atoms with E-state index in [-0.39, 0.29) is 6.03 Å². The molecule has 5 nitrogen and oxygen atoms in total. The lowest BCUT2D eigenvalue weighted by Crippen LogP contribution is -2.46. The molecule has 0 aromatic carbocycles. The van der Waals surface area contributed by atoms with Gasteiger partial charge in [-0.05, 0) is 36.3 Å². The molecule has 0 radical (unpaired) electrons. The molecule has 6 heteroatoms. The summed E-state index contributed by atoms with van der Waals surface area (Å²) in [5, 5.41) is 14.0. The number of hydrogen-bond acceptors (Lipinski definition) is 3. The number of nitrogens with one attached hydrogen (secondary N) is 1. The summed E-state index contributed by atoms with van der Waals surface area (Å²) in [6, 6.07) is 1.92. The number of hydrogen-bond donors (Lipinski definition) is 2. The van der Waals surface area contributed by atoms with Crippen molar-refractivity contribution in [2.45, 2.75) is 32.7 Å². The molecule has 1 saturated heterocycles. The third-order valence-corrected chi connectivity index (χ3v) is 4.64. The van der Waals surface area contributed by atoms with Crippen LogP contribution in [0.3, 0.4) is 0 Å². The third-order valence-electron chi connectivity index (χ3n) is 3.68. The fourth-order valence-electron chi connectivity index (χ4n) is 2.47. The Hall–Kier alpha value is -1.56.